The van der Waals surface area contributed by atoms with Gasteiger partial charge < -0.3 is 15.3 Å². The summed E-state index contributed by atoms with van der Waals surface area (Å²) in [7, 11) is 0. The molecule has 0 aromatic carbocycles. The van der Waals surface area contributed by atoms with Crippen molar-refractivity contribution in [1.29, 1.82) is 0 Å². The maximum atomic E-state index is 11.6. The minimum absolute atomic E-state index is 0.253. The minimum Gasteiger partial charge on any atom is -0.393 e. The van der Waals surface area contributed by atoms with Crippen LogP contribution < -0.4 is 0 Å². The van der Waals surface area contributed by atoms with E-state index in [1.165, 1.54) is 44.9 Å². The van der Waals surface area contributed by atoms with Crippen molar-refractivity contribution >= 4 is 0 Å². The van der Waals surface area contributed by atoms with Crippen molar-refractivity contribution in [3.8, 4) is 0 Å². The molecule has 174 valence electrons. The fourth-order valence-corrected chi connectivity index (χ4v) is 9.29. The third-order valence-electron chi connectivity index (χ3n) is 11.0. The highest BCUT2D eigenvalue weighted by molar-refractivity contribution is 5.17. The zero-order chi connectivity index (χ0) is 21.9. The summed E-state index contributed by atoms with van der Waals surface area (Å²) < 4.78 is 0. The molecule has 0 aliphatic heterocycles. The number of fused-ring (bicyclic) bond motifs is 5. The molecule has 4 fully saturated rings. The Morgan fingerprint density at radius 2 is 1.63 bits per heavy atom. The van der Waals surface area contributed by atoms with Gasteiger partial charge in [-0.05, 0) is 85.9 Å². The van der Waals surface area contributed by atoms with Crippen molar-refractivity contribution in [2.75, 3.05) is 0 Å². The Bertz CT molecular complexity index is 619. The lowest BCUT2D eigenvalue weighted by Crippen LogP contribution is -2.68. The first-order chi connectivity index (χ1) is 14.0. The molecule has 0 aromatic rings. The lowest BCUT2D eigenvalue weighted by Gasteiger charge is -2.65. The molecule has 4 aliphatic carbocycles. The van der Waals surface area contributed by atoms with Crippen LogP contribution in [0.3, 0.4) is 0 Å². The fourth-order valence-electron chi connectivity index (χ4n) is 9.29. The zero-order valence-corrected chi connectivity index (χ0v) is 20.2. The molecule has 3 heteroatoms. The molecule has 3 N–H and O–H groups in total. The number of aliphatic hydroxyl groups is 3. The number of rotatable bonds is 5. The van der Waals surface area contributed by atoms with Crippen LogP contribution in [0.25, 0.3) is 0 Å². The van der Waals surface area contributed by atoms with E-state index < -0.39 is 17.8 Å². The summed E-state index contributed by atoms with van der Waals surface area (Å²) in [5.41, 5.74) is -0.962. The average molecular weight is 421 g/mol. The molecule has 0 bridgehead atoms. The molecule has 4 aliphatic rings. The Labute approximate surface area is 185 Å². The number of hydrogen-bond acceptors (Lipinski definition) is 3. The third-order valence-corrected chi connectivity index (χ3v) is 11.0. The van der Waals surface area contributed by atoms with Crippen LogP contribution in [-0.4, -0.2) is 33.1 Å². The molecule has 0 heterocycles. The van der Waals surface area contributed by atoms with Gasteiger partial charge in [-0.1, -0.05) is 53.9 Å². The van der Waals surface area contributed by atoms with Gasteiger partial charge in [0.05, 0.1) is 17.8 Å². The van der Waals surface area contributed by atoms with E-state index in [2.05, 4.69) is 34.6 Å². The molecule has 3 unspecified atom stereocenters. The largest absolute Gasteiger partial charge is 0.393 e. The molecule has 4 rings (SSSR count). The molecule has 30 heavy (non-hydrogen) atoms. The highest BCUT2D eigenvalue weighted by atomic mass is 16.3. The monoisotopic (exact) mass is 420 g/mol. The number of aliphatic hydroxyl groups excluding tert-OH is 2. The van der Waals surface area contributed by atoms with Crippen LogP contribution in [0.5, 0.6) is 0 Å². The summed E-state index contributed by atoms with van der Waals surface area (Å²) in [5, 5.41) is 33.0. The molecule has 0 amide bonds. The van der Waals surface area contributed by atoms with Gasteiger partial charge in [0, 0.05) is 11.8 Å². The number of hydrogen-bond donors (Lipinski definition) is 3. The van der Waals surface area contributed by atoms with Crippen LogP contribution in [-0.2, 0) is 0 Å². The van der Waals surface area contributed by atoms with Gasteiger partial charge in [0.1, 0.15) is 0 Å². The van der Waals surface area contributed by atoms with E-state index >= 15 is 0 Å². The van der Waals surface area contributed by atoms with Crippen LogP contribution in [0.1, 0.15) is 105 Å². The molecular formula is C27H48O3. The van der Waals surface area contributed by atoms with Gasteiger partial charge in [0.2, 0.25) is 0 Å². The van der Waals surface area contributed by atoms with E-state index in [9.17, 15) is 15.3 Å². The van der Waals surface area contributed by atoms with E-state index in [-0.39, 0.29) is 5.41 Å². The lowest BCUT2D eigenvalue weighted by atomic mass is 9.42. The van der Waals surface area contributed by atoms with Crippen molar-refractivity contribution in [1.82, 2.24) is 0 Å². The van der Waals surface area contributed by atoms with Gasteiger partial charge in [-0.2, -0.15) is 0 Å². The normalized spacial score (nSPS) is 51.9. The van der Waals surface area contributed by atoms with E-state index in [4.69, 9.17) is 0 Å². The van der Waals surface area contributed by atoms with Gasteiger partial charge in [-0.15, -0.1) is 0 Å². The van der Waals surface area contributed by atoms with Crippen molar-refractivity contribution in [3.63, 3.8) is 0 Å². The Morgan fingerprint density at radius 1 is 0.900 bits per heavy atom. The van der Waals surface area contributed by atoms with Gasteiger partial charge in [-0.25, -0.2) is 0 Å². The lowest BCUT2D eigenvalue weighted by molar-refractivity contribution is -0.264. The summed E-state index contributed by atoms with van der Waals surface area (Å²) in [4.78, 5) is 0. The fraction of sp³-hybridized carbons (Fsp3) is 1.00. The Kier molecular flexibility index (Phi) is 6.17. The standard InChI is InChI=1S/C27H48O3/c1-17(2)7-6-8-18(3)21-9-10-22-20-15-24(29)27(30)16-19(28)11-14-26(27,5)23(20)12-13-25(21,22)4/h17-24,28-30H,6-16H2,1-5H3/t18-,19-,20?,21+,22?,23?,24-,25+,26+,27-/m0/s1. The summed E-state index contributed by atoms with van der Waals surface area (Å²) in [6, 6.07) is 0. The highest BCUT2D eigenvalue weighted by Gasteiger charge is 2.67. The molecule has 3 nitrogen and oxygen atoms in total. The molecule has 0 spiro atoms. The van der Waals surface area contributed by atoms with Crippen LogP contribution in [0.2, 0.25) is 0 Å². The highest BCUT2D eigenvalue weighted by Crippen LogP contribution is 2.69. The second-order valence-corrected chi connectivity index (χ2v) is 12.9. The minimum atomic E-state index is -1.11. The quantitative estimate of drug-likeness (QED) is 0.546. The van der Waals surface area contributed by atoms with Crippen LogP contribution in [0, 0.1) is 46.3 Å². The summed E-state index contributed by atoms with van der Waals surface area (Å²) in [6.45, 7) is 12.0. The molecule has 10 atom stereocenters. The van der Waals surface area contributed by atoms with Gasteiger partial charge >= 0.3 is 0 Å². The van der Waals surface area contributed by atoms with E-state index in [0.717, 1.165) is 37.0 Å². The predicted molar refractivity (Wildman–Crippen MR) is 122 cm³/mol. The van der Waals surface area contributed by atoms with Gasteiger partial charge in [-0.3, -0.25) is 0 Å². The average Bonchev–Trinajstić information content (AvgIpc) is 3.01. The first-order valence-electron chi connectivity index (χ1n) is 13.1. The maximum Gasteiger partial charge on any atom is 0.0985 e. The van der Waals surface area contributed by atoms with Crippen LogP contribution in [0.4, 0.5) is 0 Å². The molecule has 0 saturated heterocycles. The van der Waals surface area contributed by atoms with E-state index in [1.54, 1.807) is 0 Å². The van der Waals surface area contributed by atoms with E-state index in [0.29, 0.717) is 29.6 Å². The van der Waals surface area contributed by atoms with E-state index in [1.807, 2.05) is 0 Å². The first-order valence-corrected chi connectivity index (χ1v) is 13.1. The van der Waals surface area contributed by atoms with Crippen molar-refractivity contribution < 1.29 is 15.3 Å². The Balaban J connectivity index is 1.53. The Morgan fingerprint density at radius 3 is 2.33 bits per heavy atom. The van der Waals surface area contributed by atoms with Crippen molar-refractivity contribution in [3.05, 3.63) is 0 Å². The van der Waals surface area contributed by atoms with Crippen LogP contribution in [0.15, 0.2) is 0 Å². The summed E-state index contributed by atoms with van der Waals surface area (Å²) in [5.74, 6) is 4.13. The molecule has 4 saturated carbocycles. The molecule has 0 aromatic heterocycles. The van der Waals surface area contributed by atoms with Crippen molar-refractivity contribution in [2.45, 2.75) is 123 Å². The van der Waals surface area contributed by atoms with Crippen molar-refractivity contribution in [2.24, 2.45) is 46.3 Å². The molecular weight excluding hydrogens is 372 g/mol. The summed E-state index contributed by atoms with van der Waals surface area (Å²) in [6.07, 6.45) is 10.7. The smallest absolute Gasteiger partial charge is 0.0985 e. The summed E-state index contributed by atoms with van der Waals surface area (Å²) >= 11 is 0. The Hall–Kier alpha value is -0.120. The van der Waals surface area contributed by atoms with Crippen LogP contribution >= 0.6 is 0 Å². The second kappa shape index (κ2) is 8.03. The predicted octanol–water partition coefficient (Wildman–Crippen LogP) is 5.55. The topological polar surface area (TPSA) is 60.7 Å². The maximum absolute atomic E-state index is 11.6. The molecule has 0 radical (unpaired) electrons. The zero-order valence-electron chi connectivity index (χ0n) is 20.2. The SMILES string of the molecule is CC(C)CCC[C@H](C)[C@H]1CCC2C3C[C@H](O)[C@@]4(O)C[C@@H](O)CC[C@]4(C)C3CC[C@@]21C. The third kappa shape index (κ3) is 3.41. The van der Waals surface area contributed by atoms with Gasteiger partial charge in [0.25, 0.3) is 0 Å². The second-order valence-electron chi connectivity index (χ2n) is 12.9. The first kappa shape index (κ1) is 23.1. The van der Waals surface area contributed by atoms with Gasteiger partial charge in [0.15, 0.2) is 0 Å².